The fourth-order valence-corrected chi connectivity index (χ4v) is 1.18. The highest BCUT2D eigenvalue weighted by Gasteiger charge is 2.40. The average Bonchev–Trinajstić information content (AvgIpc) is 2.25. The van der Waals surface area contributed by atoms with Gasteiger partial charge in [-0.25, -0.2) is 0 Å². The Hall–Kier alpha value is -2.05. The van der Waals surface area contributed by atoms with Gasteiger partial charge >= 0.3 is 12.1 Å². The number of nitrogens with one attached hydrogen (secondary N) is 1. The van der Waals surface area contributed by atoms with Crippen molar-refractivity contribution in [1.82, 2.24) is 5.32 Å². The van der Waals surface area contributed by atoms with Gasteiger partial charge in [0, 0.05) is 0 Å². The van der Waals surface area contributed by atoms with E-state index in [9.17, 15) is 22.8 Å². The number of carbonyl (C=O) groups excluding carboxylic acids is 2. The van der Waals surface area contributed by atoms with Gasteiger partial charge in [-0.1, -0.05) is 30.3 Å². The van der Waals surface area contributed by atoms with Gasteiger partial charge in [-0.3, -0.25) is 9.59 Å². The lowest BCUT2D eigenvalue weighted by Gasteiger charge is -2.16. The summed E-state index contributed by atoms with van der Waals surface area (Å²) < 4.78 is 36.1. The highest BCUT2D eigenvalue weighted by molar-refractivity contribution is 5.89. The van der Waals surface area contributed by atoms with Crippen LogP contribution in [0.15, 0.2) is 30.3 Å². The van der Waals surface area contributed by atoms with Gasteiger partial charge in [-0.05, 0) is 5.56 Å². The molecule has 1 atom stereocenters. The molecular formula is C10H9F3N2O2. The van der Waals surface area contributed by atoms with Crippen LogP contribution in [0.4, 0.5) is 13.2 Å². The van der Waals surface area contributed by atoms with E-state index in [1.165, 1.54) is 29.6 Å². The Morgan fingerprint density at radius 1 is 1.18 bits per heavy atom. The third-order valence-corrected chi connectivity index (χ3v) is 1.95. The minimum atomic E-state index is -5.05. The Labute approximate surface area is 94.6 Å². The van der Waals surface area contributed by atoms with Gasteiger partial charge < -0.3 is 11.1 Å². The highest BCUT2D eigenvalue weighted by atomic mass is 19.4. The molecule has 0 bridgehead atoms. The van der Waals surface area contributed by atoms with Gasteiger partial charge in [0.2, 0.25) is 5.91 Å². The molecule has 1 aromatic rings. The lowest BCUT2D eigenvalue weighted by molar-refractivity contribution is -0.174. The molecule has 1 rings (SSSR count). The molecule has 2 amide bonds. The number of halogens is 3. The smallest absolute Gasteiger partial charge is 0.368 e. The van der Waals surface area contributed by atoms with Crippen molar-refractivity contribution in [3.8, 4) is 0 Å². The summed E-state index contributed by atoms with van der Waals surface area (Å²) in [5.41, 5.74) is 5.13. The molecule has 7 heteroatoms. The highest BCUT2D eigenvalue weighted by Crippen LogP contribution is 2.18. The van der Waals surface area contributed by atoms with E-state index < -0.39 is 24.0 Å². The fourth-order valence-electron chi connectivity index (χ4n) is 1.18. The van der Waals surface area contributed by atoms with Crippen LogP contribution in [-0.2, 0) is 9.59 Å². The van der Waals surface area contributed by atoms with Crippen LogP contribution in [0, 0.1) is 0 Å². The number of carbonyl (C=O) groups is 2. The largest absolute Gasteiger partial charge is 0.471 e. The summed E-state index contributed by atoms with van der Waals surface area (Å²) in [6.07, 6.45) is -5.05. The molecule has 4 nitrogen and oxygen atoms in total. The molecule has 0 fully saturated rings. The number of benzene rings is 1. The summed E-state index contributed by atoms with van der Waals surface area (Å²) in [7, 11) is 0. The summed E-state index contributed by atoms with van der Waals surface area (Å²) in [4.78, 5) is 21.7. The third-order valence-electron chi connectivity index (χ3n) is 1.95. The maximum atomic E-state index is 12.0. The maximum Gasteiger partial charge on any atom is 0.471 e. The van der Waals surface area contributed by atoms with Crippen LogP contribution in [0.2, 0.25) is 0 Å². The molecule has 1 aromatic carbocycles. The zero-order chi connectivity index (χ0) is 13.1. The lowest BCUT2D eigenvalue weighted by atomic mass is 10.1. The molecule has 0 aliphatic heterocycles. The molecule has 0 saturated heterocycles. The van der Waals surface area contributed by atoms with Crippen LogP contribution in [0.25, 0.3) is 0 Å². The second kappa shape index (κ2) is 4.86. The standard InChI is InChI=1S/C10H9F3N2O2/c11-10(12,13)9(17)15-7(8(14)16)6-4-2-1-3-5-6/h1-5,7H,(H2,14,16)(H,15,17). The Kier molecular flexibility index (Phi) is 3.72. The van der Waals surface area contributed by atoms with Gasteiger partial charge in [-0.2, -0.15) is 13.2 Å². The molecule has 0 spiro atoms. The zero-order valence-electron chi connectivity index (χ0n) is 8.49. The summed E-state index contributed by atoms with van der Waals surface area (Å²) in [6, 6.07) is 5.95. The molecule has 0 aliphatic rings. The quantitative estimate of drug-likeness (QED) is 0.831. The molecule has 0 aromatic heterocycles. The predicted octanol–water partition coefficient (Wildman–Crippen LogP) is 0.891. The number of rotatable bonds is 3. The summed E-state index contributed by atoms with van der Waals surface area (Å²) in [5.74, 6) is -3.26. The van der Waals surface area contributed by atoms with Crippen molar-refractivity contribution in [2.24, 2.45) is 5.73 Å². The van der Waals surface area contributed by atoms with Crippen LogP contribution in [0.5, 0.6) is 0 Å². The van der Waals surface area contributed by atoms with Gasteiger partial charge in [0.15, 0.2) is 0 Å². The molecule has 0 radical (unpaired) electrons. The maximum absolute atomic E-state index is 12.0. The molecular weight excluding hydrogens is 237 g/mol. The molecule has 92 valence electrons. The van der Waals surface area contributed by atoms with Crippen molar-refractivity contribution in [3.63, 3.8) is 0 Å². The van der Waals surface area contributed by atoms with E-state index in [0.29, 0.717) is 0 Å². The summed E-state index contributed by atoms with van der Waals surface area (Å²) >= 11 is 0. The van der Waals surface area contributed by atoms with E-state index in [-0.39, 0.29) is 5.56 Å². The van der Waals surface area contributed by atoms with Gasteiger partial charge in [-0.15, -0.1) is 0 Å². The summed E-state index contributed by atoms with van der Waals surface area (Å²) in [6.45, 7) is 0. The van der Waals surface area contributed by atoms with E-state index in [1.807, 2.05) is 0 Å². The van der Waals surface area contributed by atoms with Crippen molar-refractivity contribution >= 4 is 11.8 Å². The van der Waals surface area contributed by atoms with Gasteiger partial charge in [0.05, 0.1) is 0 Å². The predicted molar refractivity (Wildman–Crippen MR) is 52.6 cm³/mol. The molecule has 0 heterocycles. The first-order valence-corrected chi connectivity index (χ1v) is 4.54. The molecule has 1 unspecified atom stereocenters. The number of hydrogen-bond acceptors (Lipinski definition) is 2. The Morgan fingerprint density at radius 2 is 1.71 bits per heavy atom. The number of primary amides is 1. The molecule has 17 heavy (non-hydrogen) atoms. The first kappa shape index (κ1) is 13.0. The van der Waals surface area contributed by atoms with Gasteiger partial charge in [0.25, 0.3) is 0 Å². The van der Waals surface area contributed by atoms with Crippen LogP contribution in [0.3, 0.4) is 0 Å². The molecule has 0 saturated carbocycles. The zero-order valence-corrected chi connectivity index (χ0v) is 8.49. The molecule has 3 N–H and O–H groups in total. The number of nitrogens with two attached hydrogens (primary N) is 1. The van der Waals surface area contributed by atoms with Crippen LogP contribution < -0.4 is 11.1 Å². The Morgan fingerprint density at radius 3 is 2.12 bits per heavy atom. The minimum absolute atomic E-state index is 0.192. The number of hydrogen-bond donors (Lipinski definition) is 2. The Bertz CT molecular complexity index is 417. The number of amides is 2. The van der Waals surface area contributed by atoms with Crippen LogP contribution in [0.1, 0.15) is 11.6 Å². The lowest BCUT2D eigenvalue weighted by Crippen LogP contribution is -2.43. The Balaban J connectivity index is 2.90. The fraction of sp³-hybridized carbons (Fsp3) is 0.200. The summed E-state index contributed by atoms with van der Waals surface area (Å²) in [5, 5.41) is 1.53. The first-order chi connectivity index (χ1) is 7.82. The van der Waals surface area contributed by atoms with Crippen molar-refractivity contribution in [1.29, 1.82) is 0 Å². The van der Waals surface area contributed by atoms with E-state index >= 15 is 0 Å². The minimum Gasteiger partial charge on any atom is -0.368 e. The normalized spacial score (nSPS) is 12.9. The van der Waals surface area contributed by atoms with E-state index in [1.54, 1.807) is 6.07 Å². The van der Waals surface area contributed by atoms with E-state index in [4.69, 9.17) is 5.73 Å². The number of alkyl halides is 3. The van der Waals surface area contributed by atoms with Crippen molar-refractivity contribution in [2.45, 2.75) is 12.2 Å². The van der Waals surface area contributed by atoms with Crippen molar-refractivity contribution in [2.75, 3.05) is 0 Å². The van der Waals surface area contributed by atoms with Crippen molar-refractivity contribution < 1.29 is 22.8 Å². The monoisotopic (exact) mass is 246 g/mol. The second-order valence-corrected chi connectivity index (χ2v) is 3.22. The van der Waals surface area contributed by atoms with Crippen LogP contribution >= 0.6 is 0 Å². The van der Waals surface area contributed by atoms with E-state index in [2.05, 4.69) is 0 Å². The van der Waals surface area contributed by atoms with E-state index in [0.717, 1.165) is 0 Å². The SMILES string of the molecule is NC(=O)C(NC(=O)C(F)(F)F)c1ccccc1. The average molecular weight is 246 g/mol. The van der Waals surface area contributed by atoms with Crippen molar-refractivity contribution in [3.05, 3.63) is 35.9 Å². The van der Waals surface area contributed by atoms with Gasteiger partial charge in [0.1, 0.15) is 6.04 Å². The topological polar surface area (TPSA) is 72.2 Å². The van der Waals surface area contributed by atoms with Crippen LogP contribution in [-0.4, -0.2) is 18.0 Å². The first-order valence-electron chi connectivity index (χ1n) is 4.54. The molecule has 0 aliphatic carbocycles. The second-order valence-electron chi connectivity index (χ2n) is 3.22. The third kappa shape index (κ3) is 3.47.